The first-order valence-corrected chi connectivity index (χ1v) is 8.82. The number of benzene rings is 2. The number of carbonyl (C=O) groups excluding carboxylic acids is 2. The number of carboxylic acid groups (broad SMARTS) is 1. The zero-order valence-electron chi connectivity index (χ0n) is 15.6. The third kappa shape index (κ3) is 5.86. The number of amides is 1. The van der Waals surface area contributed by atoms with Crippen molar-refractivity contribution in [3.63, 3.8) is 0 Å². The zero-order valence-corrected chi connectivity index (χ0v) is 15.6. The zero-order chi connectivity index (χ0) is 21.4. The molecule has 0 fully saturated rings. The average Bonchev–Trinajstić information content (AvgIpc) is 2.71. The lowest BCUT2D eigenvalue weighted by Gasteiger charge is -2.25. The molecule has 0 aliphatic carbocycles. The number of esters is 1. The Morgan fingerprint density at radius 3 is 2.24 bits per heavy atom. The topological polar surface area (TPSA) is 136 Å². The van der Waals surface area contributed by atoms with E-state index >= 15 is 0 Å². The van der Waals surface area contributed by atoms with E-state index in [1.807, 2.05) is 0 Å². The molecular formula is C20H20N2O7. The minimum Gasteiger partial charge on any atom is -0.480 e. The fourth-order valence-electron chi connectivity index (χ4n) is 2.82. The van der Waals surface area contributed by atoms with Crippen LogP contribution in [0.2, 0.25) is 0 Å². The Morgan fingerprint density at radius 1 is 1.10 bits per heavy atom. The Hall–Kier alpha value is -3.75. The molecule has 9 nitrogen and oxygen atoms in total. The van der Waals surface area contributed by atoms with Crippen molar-refractivity contribution >= 4 is 23.5 Å². The largest absolute Gasteiger partial charge is 0.480 e. The number of non-ortho nitro benzene ring substituents is 1. The first kappa shape index (κ1) is 21.5. The van der Waals surface area contributed by atoms with Gasteiger partial charge in [0, 0.05) is 23.6 Å². The molecule has 29 heavy (non-hydrogen) atoms. The predicted octanol–water partition coefficient (Wildman–Crippen LogP) is 2.51. The summed E-state index contributed by atoms with van der Waals surface area (Å²) in [5.74, 6) is -3.59. The van der Waals surface area contributed by atoms with Gasteiger partial charge in [-0.2, -0.15) is 0 Å². The summed E-state index contributed by atoms with van der Waals surface area (Å²) in [4.78, 5) is 46.7. The first-order chi connectivity index (χ1) is 13.8. The molecule has 9 heteroatoms. The lowest BCUT2D eigenvalue weighted by Crippen LogP contribution is -2.45. The van der Waals surface area contributed by atoms with Crippen molar-refractivity contribution in [2.75, 3.05) is 6.61 Å². The Kier molecular flexibility index (Phi) is 7.41. The van der Waals surface area contributed by atoms with Crippen molar-refractivity contribution in [2.24, 2.45) is 0 Å². The van der Waals surface area contributed by atoms with Crippen LogP contribution >= 0.6 is 0 Å². The Labute approximate surface area is 166 Å². The van der Waals surface area contributed by atoms with Gasteiger partial charge in [-0.15, -0.1) is 0 Å². The van der Waals surface area contributed by atoms with E-state index < -0.39 is 34.7 Å². The Morgan fingerprint density at radius 2 is 1.72 bits per heavy atom. The van der Waals surface area contributed by atoms with Crippen LogP contribution in [0.25, 0.3) is 0 Å². The fourth-order valence-corrected chi connectivity index (χ4v) is 2.82. The summed E-state index contributed by atoms with van der Waals surface area (Å²) in [7, 11) is 0. The number of ether oxygens (including phenoxy) is 1. The number of nitro groups is 1. The van der Waals surface area contributed by atoms with Crippen LogP contribution in [-0.4, -0.2) is 40.5 Å². The Balaban J connectivity index is 2.36. The molecule has 0 aromatic heterocycles. The quantitative estimate of drug-likeness (QED) is 0.375. The van der Waals surface area contributed by atoms with Gasteiger partial charge in [0.05, 0.1) is 18.0 Å². The van der Waals surface area contributed by atoms with Crippen LogP contribution < -0.4 is 5.32 Å². The van der Waals surface area contributed by atoms with E-state index in [-0.39, 0.29) is 24.3 Å². The van der Waals surface area contributed by atoms with Crippen LogP contribution in [0, 0.1) is 10.1 Å². The van der Waals surface area contributed by atoms with Gasteiger partial charge in [-0.1, -0.05) is 30.3 Å². The highest BCUT2D eigenvalue weighted by Gasteiger charge is 2.33. The van der Waals surface area contributed by atoms with E-state index in [9.17, 15) is 29.6 Å². The molecule has 2 rings (SSSR count). The third-order valence-electron chi connectivity index (χ3n) is 4.21. The molecule has 2 aromatic rings. The molecule has 1 amide bonds. The number of carbonyl (C=O) groups is 3. The molecule has 0 aliphatic rings. The summed E-state index contributed by atoms with van der Waals surface area (Å²) >= 11 is 0. The third-order valence-corrected chi connectivity index (χ3v) is 4.21. The van der Waals surface area contributed by atoms with Gasteiger partial charge in [-0.05, 0) is 24.6 Å². The smallest absolute Gasteiger partial charge is 0.326 e. The highest BCUT2D eigenvalue weighted by molar-refractivity contribution is 5.97. The van der Waals surface area contributed by atoms with Gasteiger partial charge in [0.1, 0.15) is 6.04 Å². The number of nitro benzene ring substituents is 1. The number of nitrogens with zero attached hydrogens (tertiary/aromatic N) is 1. The SMILES string of the molecule is CCOC(=O)C[C@H](c1ccc([N+](=O)[O-])cc1)[C@H](NC(=O)c1ccccc1)C(=O)O. The number of carboxylic acids is 1. The van der Waals surface area contributed by atoms with Crippen LogP contribution in [0.1, 0.15) is 35.2 Å². The lowest BCUT2D eigenvalue weighted by atomic mass is 9.88. The minimum atomic E-state index is -1.45. The molecule has 0 saturated heterocycles. The monoisotopic (exact) mass is 400 g/mol. The van der Waals surface area contributed by atoms with E-state index in [2.05, 4.69) is 5.32 Å². The maximum absolute atomic E-state index is 12.5. The van der Waals surface area contributed by atoms with Crippen LogP contribution in [0.5, 0.6) is 0 Å². The van der Waals surface area contributed by atoms with Gasteiger partial charge in [0.15, 0.2) is 0 Å². The van der Waals surface area contributed by atoms with E-state index in [0.717, 1.165) is 0 Å². The number of rotatable bonds is 9. The first-order valence-electron chi connectivity index (χ1n) is 8.82. The summed E-state index contributed by atoms with van der Waals surface area (Å²) in [5.41, 5.74) is 0.436. The number of nitrogens with one attached hydrogen (secondary N) is 1. The van der Waals surface area contributed by atoms with Crippen LogP contribution in [-0.2, 0) is 14.3 Å². The molecule has 0 unspecified atom stereocenters. The molecule has 152 valence electrons. The maximum atomic E-state index is 12.5. The van der Waals surface area contributed by atoms with Crippen LogP contribution in [0.3, 0.4) is 0 Å². The van der Waals surface area contributed by atoms with Gasteiger partial charge >= 0.3 is 11.9 Å². The molecule has 0 bridgehead atoms. The van der Waals surface area contributed by atoms with Crippen molar-refractivity contribution in [1.29, 1.82) is 0 Å². The molecule has 2 N–H and O–H groups in total. The second-order valence-electron chi connectivity index (χ2n) is 6.12. The Bertz CT molecular complexity index is 881. The average molecular weight is 400 g/mol. The summed E-state index contributed by atoms with van der Waals surface area (Å²) in [6, 6.07) is 11.8. The molecular weight excluding hydrogens is 380 g/mol. The normalized spacial score (nSPS) is 12.4. The summed E-state index contributed by atoms with van der Waals surface area (Å²) < 4.78 is 4.92. The van der Waals surface area contributed by atoms with Crippen LogP contribution in [0.15, 0.2) is 54.6 Å². The van der Waals surface area contributed by atoms with Gasteiger partial charge in [0.25, 0.3) is 11.6 Å². The molecule has 2 atom stereocenters. The molecule has 0 saturated carbocycles. The molecule has 0 radical (unpaired) electrons. The summed E-state index contributed by atoms with van der Waals surface area (Å²) in [6.07, 6.45) is -0.322. The molecule has 0 heterocycles. The second-order valence-corrected chi connectivity index (χ2v) is 6.12. The van der Waals surface area contributed by atoms with Crippen molar-refractivity contribution < 1.29 is 29.2 Å². The lowest BCUT2D eigenvalue weighted by molar-refractivity contribution is -0.384. The van der Waals surface area contributed by atoms with E-state index in [0.29, 0.717) is 5.56 Å². The van der Waals surface area contributed by atoms with E-state index in [4.69, 9.17) is 4.74 Å². The van der Waals surface area contributed by atoms with Gasteiger partial charge in [0.2, 0.25) is 0 Å². The van der Waals surface area contributed by atoms with Crippen molar-refractivity contribution in [1.82, 2.24) is 5.32 Å². The molecule has 2 aromatic carbocycles. The highest BCUT2D eigenvalue weighted by atomic mass is 16.6. The minimum absolute atomic E-state index is 0.111. The van der Waals surface area contributed by atoms with Crippen molar-refractivity contribution in [3.8, 4) is 0 Å². The van der Waals surface area contributed by atoms with Gasteiger partial charge < -0.3 is 15.2 Å². The number of aliphatic carboxylic acids is 1. The molecule has 0 spiro atoms. The van der Waals surface area contributed by atoms with E-state index in [1.54, 1.807) is 25.1 Å². The van der Waals surface area contributed by atoms with E-state index in [1.165, 1.54) is 36.4 Å². The maximum Gasteiger partial charge on any atom is 0.326 e. The predicted molar refractivity (Wildman–Crippen MR) is 102 cm³/mol. The fraction of sp³-hybridized carbons (Fsp3) is 0.250. The molecule has 0 aliphatic heterocycles. The summed E-state index contributed by atoms with van der Waals surface area (Å²) in [5, 5.41) is 23.0. The van der Waals surface area contributed by atoms with Crippen molar-refractivity contribution in [3.05, 3.63) is 75.8 Å². The van der Waals surface area contributed by atoms with Gasteiger partial charge in [-0.25, -0.2) is 4.79 Å². The highest BCUT2D eigenvalue weighted by Crippen LogP contribution is 2.27. The second kappa shape index (κ2) is 9.98. The standard InChI is InChI=1S/C20H20N2O7/c1-2-29-17(23)12-16(13-8-10-15(11-9-13)22(27)28)18(20(25)26)21-19(24)14-6-4-3-5-7-14/h3-11,16,18H,2,12H2,1H3,(H,21,24)(H,25,26)/t16-,18+/m1/s1. The van der Waals surface area contributed by atoms with Gasteiger partial charge in [-0.3, -0.25) is 19.7 Å². The summed E-state index contributed by atoms with van der Waals surface area (Å²) in [6.45, 7) is 1.73. The van der Waals surface area contributed by atoms with Crippen molar-refractivity contribution in [2.45, 2.75) is 25.3 Å². The number of hydrogen-bond acceptors (Lipinski definition) is 6. The number of hydrogen-bond donors (Lipinski definition) is 2. The van der Waals surface area contributed by atoms with Crippen LogP contribution in [0.4, 0.5) is 5.69 Å².